The average molecular weight is 203 g/mol. The highest BCUT2D eigenvalue weighted by atomic mass is 14.9. The van der Waals surface area contributed by atoms with E-state index in [1.807, 2.05) is 12.1 Å². The van der Waals surface area contributed by atoms with Crippen LogP contribution in [0.3, 0.4) is 0 Å². The van der Waals surface area contributed by atoms with E-state index in [2.05, 4.69) is 9.98 Å². The second kappa shape index (κ2) is 4.91. The summed E-state index contributed by atoms with van der Waals surface area (Å²) in [6.45, 7) is 0. The van der Waals surface area contributed by atoms with Crippen molar-refractivity contribution in [1.29, 1.82) is 0 Å². The van der Waals surface area contributed by atoms with Crippen LogP contribution in [-0.2, 0) is 0 Å². The van der Waals surface area contributed by atoms with Gasteiger partial charge in [-0.05, 0) is 25.0 Å². The molecule has 1 aliphatic carbocycles. The number of aromatic nitrogens is 1. The fourth-order valence-corrected chi connectivity index (χ4v) is 2.06. The number of hydrogen-bond acceptors (Lipinski definition) is 2. The highest BCUT2D eigenvalue weighted by Crippen LogP contribution is 2.24. The van der Waals surface area contributed by atoms with Gasteiger partial charge in [0.05, 0.1) is 11.9 Å². The zero-order valence-electron chi connectivity index (χ0n) is 8.89. The summed E-state index contributed by atoms with van der Waals surface area (Å²) in [5.41, 5.74) is 6.86. The van der Waals surface area contributed by atoms with Crippen molar-refractivity contribution >= 4 is 11.5 Å². The third-order valence-corrected chi connectivity index (χ3v) is 2.93. The van der Waals surface area contributed by atoms with E-state index in [-0.39, 0.29) is 0 Å². The minimum absolute atomic E-state index is 0.485. The van der Waals surface area contributed by atoms with E-state index in [9.17, 15) is 0 Å². The van der Waals surface area contributed by atoms with Gasteiger partial charge in [-0.3, -0.25) is 4.98 Å². The molecule has 1 aliphatic rings. The molecule has 2 N–H and O–H groups in total. The van der Waals surface area contributed by atoms with Gasteiger partial charge in [0.2, 0.25) is 0 Å². The Balaban J connectivity index is 2.06. The minimum Gasteiger partial charge on any atom is -0.387 e. The molecule has 0 unspecified atom stereocenters. The molecule has 0 atom stereocenters. The molecule has 3 nitrogen and oxygen atoms in total. The van der Waals surface area contributed by atoms with Gasteiger partial charge in [0.25, 0.3) is 0 Å². The van der Waals surface area contributed by atoms with Crippen molar-refractivity contribution in [3.05, 3.63) is 24.5 Å². The Bertz CT molecular complexity index is 326. The number of hydrogen-bond donors (Lipinski definition) is 1. The van der Waals surface area contributed by atoms with Crippen LogP contribution < -0.4 is 5.73 Å². The van der Waals surface area contributed by atoms with Gasteiger partial charge in [-0.2, -0.15) is 0 Å². The van der Waals surface area contributed by atoms with Gasteiger partial charge in [-0.1, -0.05) is 19.3 Å². The van der Waals surface area contributed by atoms with Crippen LogP contribution in [-0.4, -0.2) is 10.8 Å². The summed E-state index contributed by atoms with van der Waals surface area (Å²) in [4.78, 5) is 8.43. The molecule has 80 valence electrons. The van der Waals surface area contributed by atoms with Gasteiger partial charge in [-0.15, -0.1) is 0 Å². The summed E-state index contributed by atoms with van der Waals surface area (Å²) in [6.07, 6.45) is 9.79. The molecule has 1 fully saturated rings. The fraction of sp³-hybridized carbons (Fsp3) is 0.500. The predicted octanol–water partition coefficient (Wildman–Crippen LogP) is 2.65. The molecule has 0 bridgehead atoms. The lowest BCUT2D eigenvalue weighted by molar-refractivity contribution is 0.437. The number of rotatable bonds is 2. The molecule has 15 heavy (non-hydrogen) atoms. The first-order valence-corrected chi connectivity index (χ1v) is 5.60. The Labute approximate surface area is 90.4 Å². The van der Waals surface area contributed by atoms with Crippen molar-refractivity contribution in [2.45, 2.75) is 32.1 Å². The van der Waals surface area contributed by atoms with Gasteiger partial charge in [-0.25, -0.2) is 4.99 Å². The van der Waals surface area contributed by atoms with Crippen LogP contribution in [0.2, 0.25) is 0 Å². The Morgan fingerprint density at radius 1 is 1.33 bits per heavy atom. The number of pyridine rings is 1. The lowest BCUT2D eigenvalue weighted by atomic mass is 9.88. The smallest absolute Gasteiger partial charge is 0.103 e. The second-order valence-corrected chi connectivity index (χ2v) is 4.08. The SMILES string of the molecule is NC(=Nc1cccnc1)C1CCCCC1. The molecule has 0 saturated heterocycles. The average Bonchev–Trinajstić information content (AvgIpc) is 2.31. The van der Waals surface area contributed by atoms with Crippen LogP contribution >= 0.6 is 0 Å². The van der Waals surface area contributed by atoms with Crippen molar-refractivity contribution in [3.8, 4) is 0 Å². The van der Waals surface area contributed by atoms with Crippen molar-refractivity contribution in [2.24, 2.45) is 16.6 Å². The Kier molecular flexibility index (Phi) is 3.33. The van der Waals surface area contributed by atoms with Crippen LogP contribution in [0, 0.1) is 5.92 Å². The lowest BCUT2D eigenvalue weighted by Gasteiger charge is -2.20. The molecule has 0 spiro atoms. The molecule has 1 saturated carbocycles. The number of aliphatic imine (C=N–C) groups is 1. The minimum atomic E-state index is 0.485. The maximum atomic E-state index is 6.00. The van der Waals surface area contributed by atoms with Crippen LogP contribution in [0.15, 0.2) is 29.5 Å². The molecule has 0 amide bonds. The molecule has 3 heteroatoms. The molecular weight excluding hydrogens is 186 g/mol. The monoisotopic (exact) mass is 203 g/mol. The first kappa shape index (κ1) is 10.1. The molecular formula is C12H17N3. The van der Waals surface area contributed by atoms with E-state index in [0.29, 0.717) is 5.92 Å². The Hall–Kier alpha value is -1.38. The second-order valence-electron chi connectivity index (χ2n) is 4.08. The summed E-state index contributed by atoms with van der Waals surface area (Å²) < 4.78 is 0. The molecule has 0 aliphatic heterocycles. The van der Waals surface area contributed by atoms with Crippen molar-refractivity contribution < 1.29 is 0 Å². The zero-order valence-corrected chi connectivity index (χ0v) is 8.89. The first-order valence-electron chi connectivity index (χ1n) is 5.60. The maximum Gasteiger partial charge on any atom is 0.103 e. The fourth-order valence-electron chi connectivity index (χ4n) is 2.06. The summed E-state index contributed by atoms with van der Waals surface area (Å²) in [5, 5.41) is 0. The number of nitrogens with zero attached hydrogens (tertiary/aromatic N) is 2. The summed E-state index contributed by atoms with van der Waals surface area (Å²) in [6, 6.07) is 3.82. The van der Waals surface area contributed by atoms with Gasteiger partial charge in [0.1, 0.15) is 5.84 Å². The maximum absolute atomic E-state index is 6.00. The normalized spacial score (nSPS) is 19.1. The Morgan fingerprint density at radius 2 is 2.13 bits per heavy atom. The lowest BCUT2D eigenvalue weighted by Crippen LogP contribution is -2.25. The first-order chi connectivity index (χ1) is 7.36. The van der Waals surface area contributed by atoms with E-state index < -0.39 is 0 Å². The van der Waals surface area contributed by atoms with Gasteiger partial charge < -0.3 is 5.73 Å². The molecule has 1 aromatic heterocycles. The molecule has 0 radical (unpaired) electrons. The highest BCUT2D eigenvalue weighted by molar-refractivity contribution is 5.85. The van der Waals surface area contributed by atoms with Crippen molar-refractivity contribution in [1.82, 2.24) is 4.98 Å². The highest BCUT2D eigenvalue weighted by Gasteiger charge is 2.16. The molecule has 1 heterocycles. The summed E-state index contributed by atoms with van der Waals surface area (Å²) >= 11 is 0. The van der Waals surface area contributed by atoms with Crippen molar-refractivity contribution in [2.75, 3.05) is 0 Å². The molecule has 2 rings (SSSR count). The van der Waals surface area contributed by atoms with E-state index in [1.165, 1.54) is 32.1 Å². The summed E-state index contributed by atoms with van der Waals surface area (Å²) in [7, 11) is 0. The van der Waals surface area contributed by atoms with Gasteiger partial charge in [0, 0.05) is 12.1 Å². The van der Waals surface area contributed by atoms with E-state index in [1.54, 1.807) is 12.4 Å². The van der Waals surface area contributed by atoms with Crippen molar-refractivity contribution in [3.63, 3.8) is 0 Å². The van der Waals surface area contributed by atoms with E-state index in [0.717, 1.165) is 11.5 Å². The number of amidine groups is 1. The Morgan fingerprint density at radius 3 is 2.80 bits per heavy atom. The van der Waals surface area contributed by atoms with Gasteiger partial charge >= 0.3 is 0 Å². The standard InChI is InChI=1S/C12H17N3/c13-12(10-5-2-1-3-6-10)15-11-7-4-8-14-9-11/h4,7-10H,1-3,5-6H2,(H2,13,15). The molecule has 1 aromatic rings. The number of nitrogens with two attached hydrogens (primary N) is 1. The molecule has 0 aromatic carbocycles. The van der Waals surface area contributed by atoms with Crippen LogP contribution in [0.25, 0.3) is 0 Å². The van der Waals surface area contributed by atoms with E-state index in [4.69, 9.17) is 5.73 Å². The van der Waals surface area contributed by atoms with Crippen LogP contribution in [0.4, 0.5) is 5.69 Å². The predicted molar refractivity (Wildman–Crippen MR) is 62.1 cm³/mol. The van der Waals surface area contributed by atoms with Gasteiger partial charge in [0.15, 0.2) is 0 Å². The quantitative estimate of drug-likeness (QED) is 0.593. The van der Waals surface area contributed by atoms with Crippen LogP contribution in [0.5, 0.6) is 0 Å². The summed E-state index contributed by atoms with van der Waals surface area (Å²) in [5.74, 6) is 1.27. The topological polar surface area (TPSA) is 51.3 Å². The largest absolute Gasteiger partial charge is 0.387 e. The van der Waals surface area contributed by atoms with Crippen LogP contribution in [0.1, 0.15) is 32.1 Å². The third kappa shape index (κ3) is 2.78. The van der Waals surface area contributed by atoms with E-state index >= 15 is 0 Å². The zero-order chi connectivity index (χ0) is 10.5. The third-order valence-electron chi connectivity index (χ3n) is 2.93.